The van der Waals surface area contributed by atoms with Gasteiger partial charge in [0.05, 0.1) is 6.07 Å². The van der Waals surface area contributed by atoms with Crippen molar-refractivity contribution in [1.82, 2.24) is 0 Å². The van der Waals surface area contributed by atoms with Crippen LogP contribution >= 0.6 is 0 Å². The average Bonchev–Trinajstić information content (AvgIpc) is 2.62. The molecule has 25 heavy (non-hydrogen) atoms. The highest BCUT2D eigenvalue weighted by molar-refractivity contribution is 5.03. The van der Waals surface area contributed by atoms with E-state index in [9.17, 15) is 5.21 Å². The van der Waals surface area contributed by atoms with Gasteiger partial charge in [0, 0.05) is 6.07 Å². The highest BCUT2D eigenvalue weighted by Crippen LogP contribution is 2.18. The van der Waals surface area contributed by atoms with Gasteiger partial charge in [-0.15, -0.1) is 4.73 Å². The molecule has 0 atom stereocenters. The largest absolute Gasteiger partial charge is 0.616 e. The molecule has 0 bridgehead atoms. The SMILES string of the molecule is CCCCCCCCC(CCCCCCCC)Oc1cccc[n+]1[O-]. The van der Waals surface area contributed by atoms with Gasteiger partial charge < -0.3 is 9.94 Å². The summed E-state index contributed by atoms with van der Waals surface area (Å²) in [7, 11) is 0. The van der Waals surface area contributed by atoms with E-state index in [1.807, 2.05) is 6.07 Å². The van der Waals surface area contributed by atoms with Crippen molar-refractivity contribution in [3.8, 4) is 5.88 Å². The van der Waals surface area contributed by atoms with Crippen LogP contribution in [0.2, 0.25) is 0 Å². The van der Waals surface area contributed by atoms with E-state index in [0.717, 1.165) is 17.6 Å². The summed E-state index contributed by atoms with van der Waals surface area (Å²) in [6.07, 6.45) is 19.4. The van der Waals surface area contributed by atoms with Crippen molar-refractivity contribution in [3.05, 3.63) is 29.6 Å². The number of unbranched alkanes of at least 4 members (excludes halogenated alkanes) is 10. The van der Waals surface area contributed by atoms with Crippen molar-refractivity contribution < 1.29 is 9.47 Å². The van der Waals surface area contributed by atoms with Gasteiger partial charge in [-0.2, -0.15) is 0 Å². The van der Waals surface area contributed by atoms with Crippen LogP contribution < -0.4 is 9.47 Å². The van der Waals surface area contributed by atoms with Gasteiger partial charge in [0.25, 0.3) is 0 Å². The summed E-state index contributed by atoms with van der Waals surface area (Å²) in [6.45, 7) is 4.50. The van der Waals surface area contributed by atoms with Crippen LogP contribution in [-0.4, -0.2) is 6.10 Å². The second-order valence-electron chi connectivity index (χ2n) is 7.22. The van der Waals surface area contributed by atoms with Crippen LogP contribution in [0.4, 0.5) is 0 Å². The maximum atomic E-state index is 11.8. The molecular formula is C22H39NO2. The van der Waals surface area contributed by atoms with Crippen LogP contribution in [0.1, 0.15) is 104 Å². The third kappa shape index (κ3) is 11.1. The second-order valence-corrected chi connectivity index (χ2v) is 7.22. The Balaban J connectivity index is 2.34. The van der Waals surface area contributed by atoms with Crippen molar-refractivity contribution in [1.29, 1.82) is 0 Å². The summed E-state index contributed by atoms with van der Waals surface area (Å²) >= 11 is 0. The maximum Gasteiger partial charge on any atom is 0.379 e. The Morgan fingerprint density at radius 3 is 1.84 bits per heavy atom. The van der Waals surface area contributed by atoms with E-state index < -0.39 is 0 Å². The zero-order valence-corrected chi connectivity index (χ0v) is 16.5. The van der Waals surface area contributed by atoms with Gasteiger partial charge in [-0.1, -0.05) is 78.1 Å². The zero-order chi connectivity index (χ0) is 18.2. The molecule has 0 aliphatic heterocycles. The van der Waals surface area contributed by atoms with Gasteiger partial charge in [0.1, 0.15) is 6.10 Å². The fourth-order valence-corrected chi connectivity index (χ4v) is 3.24. The summed E-state index contributed by atoms with van der Waals surface area (Å²) in [4.78, 5) is 0. The molecule has 1 aromatic heterocycles. The number of rotatable bonds is 16. The van der Waals surface area contributed by atoms with Crippen molar-refractivity contribution in [2.24, 2.45) is 0 Å². The first-order chi connectivity index (χ1) is 12.3. The normalized spacial score (nSPS) is 11.2. The van der Waals surface area contributed by atoms with Gasteiger partial charge in [-0.25, -0.2) is 0 Å². The lowest BCUT2D eigenvalue weighted by molar-refractivity contribution is -0.613. The molecule has 0 spiro atoms. The maximum absolute atomic E-state index is 11.8. The molecule has 0 saturated carbocycles. The molecule has 0 amide bonds. The topological polar surface area (TPSA) is 36.2 Å². The minimum absolute atomic E-state index is 0.181. The molecule has 144 valence electrons. The fraction of sp³-hybridized carbons (Fsp3) is 0.773. The van der Waals surface area contributed by atoms with E-state index in [1.54, 1.807) is 12.1 Å². The molecule has 0 aliphatic rings. The predicted molar refractivity (Wildman–Crippen MR) is 106 cm³/mol. The van der Waals surface area contributed by atoms with E-state index in [0.29, 0.717) is 5.88 Å². The average molecular weight is 350 g/mol. The van der Waals surface area contributed by atoms with Crippen LogP contribution in [0.25, 0.3) is 0 Å². The Morgan fingerprint density at radius 1 is 0.800 bits per heavy atom. The quantitative estimate of drug-likeness (QED) is 0.192. The molecule has 0 aliphatic carbocycles. The number of hydrogen-bond acceptors (Lipinski definition) is 2. The molecule has 0 saturated heterocycles. The summed E-state index contributed by atoms with van der Waals surface area (Å²) in [5, 5.41) is 11.8. The van der Waals surface area contributed by atoms with Crippen LogP contribution in [0.15, 0.2) is 24.4 Å². The summed E-state index contributed by atoms with van der Waals surface area (Å²) in [5.41, 5.74) is 0. The number of nitrogens with zero attached hydrogens (tertiary/aromatic N) is 1. The monoisotopic (exact) mass is 349 g/mol. The van der Waals surface area contributed by atoms with Gasteiger partial charge in [-0.3, -0.25) is 0 Å². The van der Waals surface area contributed by atoms with Crippen molar-refractivity contribution in [2.45, 2.75) is 110 Å². The van der Waals surface area contributed by atoms with Gasteiger partial charge in [0.15, 0.2) is 6.20 Å². The number of aromatic nitrogens is 1. The highest BCUT2D eigenvalue weighted by Gasteiger charge is 2.15. The van der Waals surface area contributed by atoms with Crippen molar-refractivity contribution >= 4 is 0 Å². The first-order valence-corrected chi connectivity index (χ1v) is 10.6. The minimum atomic E-state index is 0.181. The Kier molecular flexibility index (Phi) is 13.1. The smallest absolute Gasteiger partial charge is 0.379 e. The molecular weight excluding hydrogens is 310 g/mol. The highest BCUT2D eigenvalue weighted by atomic mass is 16.6. The number of pyridine rings is 1. The Morgan fingerprint density at radius 2 is 1.32 bits per heavy atom. The molecule has 3 nitrogen and oxygen atoms in total. The standard InChI is InChI=1S/C22H39NO2/c1-3-5-7-9-11-13-17-21(18-14-12-10-8-6-4-2)25-22-19-15-16-20-23(22)24/h15-16,19-21H,3-14,17-18H2,1-2H3. The minimum Gasteiger partial charge on any atom is -0.616 e. The van der Waals surface area contributed by atoms with Gasteiger partial charge in [-0.05, 0) is 31.7 Å². The Bertz CT molecular complexity index is 406. The van der Waals surface area contributed by atoms with E-state index in [-0.39, 0.29) is 6.10 Å². The first kappa shape index (κ1) is 21.8. The number of hydrogen-bond donors (Lipinski definition) is 0. The van der Waals surface area contributed by atoms with Crippen molar-refractivity contribution in [2.75, 3.05) is 0 Å². The lowest BCUT2D eigenvalue weighted by Gasteiger charge is -2.18. The third-order valence-corrected chi connectivity index (χ3v) is 4.84. The van der Waals surface area contributed by atoms with Crippen molar-refractivity contribution in [3.63, 3.8) is 0 Å². The summed E-state index contributed by atoms with van der Waals surface area (Å²) in [6, 6.07) is 5.40. The molecule has 1 heterocycles. The molecule has 1 rings (SSSR count). The van der Waals surface area contributed by atoms with Gasteiger partial charge in [0.2, 0.25) is 0 Å². The first-order valence-electron chi connectivity index (χ1n) is 10.6. The van der Waals surface area contributed by atoms with Crippen LogP contribution in [0.3, 0.4) is 0 Å². The molecule has 3 heteroatoms. The van der Waals surface area contributed by atoms with E-state index in [4.69, 9.17) is 4.74 Å². The summed E-state index contributed by atoms with van der Waals surface area (Å²) in [5.74, 6) is 0.449. The van der Waals surface area contributed by atoms with Crippen LogP contribution in [0.5, 0.6) is 5.88 Å². The van der Waals surface area contributed by atoms with Crippen LogP contribution in [0, 0.1) is 5.21 Å². The molecule has 0 radical (unpaired) electrons. The van der Waals surface area contributed by atoms with E-state index in [2.05, 4.69) is 13.8 Å². The molecule has 0 fully saturated rings. The van der Waals surface area contributed by atoms with Gasteiger partial charge >= 0.3 is 5.88 Å². The molecule has 0 unspecified atom stereocenters. The molecule has 0 N–H and O–H groups in total. The van der Waals surface area contributed by atoms with E-state index in [1.165, 1.54) is 83.2 Å². The predicted octanol–water partition coefficient (Wildman–Crippen LogP) is 6.57. The van der Waals surface area contributed by atoms with Crippen LogP contribution in [-0.2, 0) is 0 Å². The molecule has 0 aromatic carbocycles. The Hall–Kier alpha value is -1.25. The lowest BCUT2D eigenvalue weighted by Crippen LogP contribution is -2.31. The Labute approximate surface area is 155 Å². The number of ether oxygens (including phenoxy) is 1. The summed E-state index contributed by atoms with van der Waals surface area (Å²) < 4.78 is 6.89. The fourth-order valence-electron chi connectivity index (χ4n) is 3.24. The zero-order valence-electron chi connectivity index (χ0n) is 16.5. The van der Waals surface area contributed by atoms with E-state index >= 15 is 0 Å². The second kappa shape index (κ2) is 15.0. The lowest BCUT2D eigenvalue weighted by atomic mass is 10.0. The molecule has 1 aromatic rings. The third-order valence-electron chi connectivity index (χ3n) is 4.84.